The Morgan fingerprint density at radius 3 is 2.36 bits per heavy atom. The Kier molecular flexibility index (Phi) is 6.05. The van der Waals surface area contributed by atoms with Crippen molar-refractivity contribution in [3.05, 3.63) is 59.7 Å². The van der Waals surface area contributed by atoms with Crippen molar-refractivity contribution in [1.29, 1.82) is 0 Å². The van der Waals surface area contributed by atoms with Crippen molar-refractivity contribution in [2.24, 2.45) is 0 Å². The van der Waals surface area contributed by atoms with Gasteiger partial charge in [-0.2, -0.15) is 0 Å². The number of esters is 1. The van der Waals surface area contributed by atoms with Gasteiger partial charge in [-0.1, -0.05) is 24.3 Å². The topological polar surface area (TPSA) is 64.6 Å². The number of benzene rings is 2. The van der Waals surface area contributed by atoms with E-state index < -0.39 is 35.3 Å². The van der Waals surface area contributed by atoms with Crippen molar-refractivity contribution in [2.75, 3.05) is 12.4 Å². The number of carbonyl (C=O) groups excluding carboxylic acids is 2. The van der Waals surface area contributed by atoms with E-state index in [1.54, 1.807) is 24.3 Å². The number of amides is 1. The van der Waals surface area contributed by atoms with Crippen LogP contribution in [-0.2, 0) is 20.7 Å². The van der Waals surface area contributed by atoms with Crippen LogP contribution >= 0.6 is 0 Å². The van der Waals surface area contributed by atoms with E-state index in [2.05, 4.69) is 5.32 Å². The normalized spacial score (nSPS) is 11.5. The van der Waals surface area contributed by atoms with Crippen LogP contribution in [0.1, 0.15) is 12.5 Å². The summed E-state index contributed by atoms with van der Waals surface area (Å²) in [6.45, 7) is 1.31. The maximum atomic E-state index is 13.5. The van der Waals surface area contributed by atoms with Crippen LogP contribution in [0.5, 0.6) is 5.75 Å². The third-order valence-electron chi connectivity index (χ3n) is 3.42. The van der Waals surface area contributed by atoms with E-state index in [4.69, 9.17) is 9.47 Å². The van der Waals surface area contributed by atoms with Crippen molar-refractivity contribution in [3.63, 3.8) is 0 Å². The zero-order valence-electron chi connectivity index (χ0n) is 13.7. The molecule has 0 unspecified atom stereocenters. The summed E-state index contributed by atoms with van der Waals surface area (Å²) in [5, 5.41) is 2.08. The third-order valence-corrected chi connectivity index (χ3v) is 3.42. The lowest BCUT2D eigenvalue weighted by molar-refractivity contribution is -0.152. The predicted octanol–water partition coefficient (Wildman–Crippen LogP) is 3.09. The molecule has 0 bridgehead atoms. The number of ether oxygens (including phenoxy) is 2. The first kappa shape index (κ1) is 18.4. The number of nitrogens with one attached hydrogen (secondary N) is 1. The van der Waals surface area contributed by atoms with Crippen molar-refractivity contribution >= 4 is 17.6 Å². The lowest BCUT2D eigenvalue weighted by atomic mass is 10.1. The van der Waals surface area contributed by atoms with Crippen molar-refractivity contribution < 1.29 is 27.8 Å². The van der Waals surface area contributed by atoms with E-state index in [0.717, 1.165) is 12.1 Å². The van der Waals surface area contributed by atoms with Gasteiger partial charge in [-0.05, 0) is 25.1 Å². The van der Waals surface area contributed by atoms with Gasteiger partial charge in [0.2, 0.25) is 0 Å². The van der Waals surface area contributed by atoms with Gasteiger partial charge in [-0.3, -0.25) is 9.59 Å². The maximum absolute atomic E-state index is 13.5. The second-order valence-corrected chi connectivity index (χ2v) is 5.21. The Hall–Kier alpha value is -2.96. The second kappa shape index (κ2) is 8.23. The molecule has 1 N–H and O–H groups in total. The minimum Gasteiger partial charge on any atom is -0.496 e. The Morgan fingerprint density at radius 2 is 1.72 bits per heavy atom. The van der Waals surface area contributed by atoms with Crippen molar-refractivity contribution in [1.82, 2.24) is 0 Å². The SMILES string of the molecule is COc1ccccc1CC(=O)O[C@H](C)C(=O)Nc1c(F)cccc1F. The van der Waals surface area contributed by atoms with E-state index in [0.29, 0.717) is 11.3 Å². The minimum atomic E-state index is -1.22. The molecule has 0 heterocycles. The molecule has 2 aromatic carbocycles. The summed E-state index contributed by atoms with van der Waals surface area (Å²) >= 11 is 0. The highest BCUT2D eigenvalue weighted by molar-refractivity contribution is 5.95. The summed E-state index contributed by atoms with van der Waals surface area (Å²) < 4.78 is 37.2. The molecule has 0 saturated carbocycles. The molecule has 132 valence electrons. The summed E-state index contributed by atoms with van der Waals surface area (Å²) in [6, 6.07) is 10.1. The predicted molar refractivity (Wildman–Crippen MR) is 87.2 cm³/mol. The summed E-state index contributed by atoms with van der Waals surface area (Å²) in [7, 11) is 1.48. The van der Waals surface area contributed by atoms with Crippen LogP contribution in [0.15, 0.2) is 42.5 Å². The van der Waals surface area contributed by atoms with Crippen LogP contribution in [0, 0.1) is 11.6 Å². The molecule has 0 saturated heterocycles. The van der Waals surface area contributed by atoms with Crippen LogP contribution in [0.2, 0.25) is 0 Å². The number of methoxy groups -OCH3 is 1. The number of rotatable bonds is 6. The second-order valence-electron chi connectivity index (χ2n) is 5.21. The quantitative estimate of drug-likeness (QED) is 0.814. The van der Waals surface area contributed by atoms with E-state index in [1.165, 1.54) is 20.1 Å². The number of hydrogen-bond acceptors (Lipinski definition) is 4. The first-order valence-corrected chi connectivity index (χ1v) is 7.48. The molecule has 25 heavy (non-hydrogen) atoms. The molecule has 1 atom stereocenters. The third kappa shape index (κ3) is 4.76. The van der Waals surface area contributed by atoms with Gasteiger partial charge in [0.1, 0.15) is 23.1 Å². The van der Waals surface area contributed by atoms with Crippen LogP contribution in [-0.4, -0.2) is 25.1 Å². The standard InChI is InChI=1S/C18H17F2NO4/c1-11(18(23)21-17-13(19)7-5-8-14(17)20)25-16(22)10-12-6-3-4-9-15(12)24-2/h3-9,11H,10H2,1-2H3,(H,21,23)/t11-/m1/s1. The van der Waals surface area contributed by atoms with Crippen molar-refractivity contribution in [3.8, 4) is 5.75 Å². The van der Waals surface area contributed by atoms with Gasteiger partial charge in [-0.15, -0.1) is 0 Å². The largest absolute Gasteiger partial charge is 0.496 e. The average molecular weight is 349 g/mol. The summed E-state index contributed by atoms with van der Waals surface area (Å²) in [5.41, 5.74) is 0.0166. The Labute approximate surface area is 143 Å². The Bertz CT molecular complexity index is 759. The van der Waals surface area contributed by atoms with Gasteiger partial charge in [0.15, 0.2) is 6.10 Å². The number of para-hydroxylation sites is 2. The van der Waals surface area contributed by atoms with Gasteiger partial charge in [0.05, 0.1) is 13.5 Å². The fraction of sp³-hybridized carbons (Fsp3) is 0.222. The molecule has 0 aliphatic heterocycles. The van der Waals surface area contributed by atoms with Gasteiger partial charge >= 0.3 is 5.97 Å². The number of anilines is 1. The first-order valence-electron chi connectivity index (χ1n) is 7.48. The van der Waals surface area contributed by atoms with E-state index >= 15 is 0 Å². The fourth-order valence-electron chi connectivity index (χ4n) is 2.14. The molecule has 5 nitrogen and oxygen atoms in total. The van der Waals surface area contributed by atoms with Gasteiger partial charge in [0, 0.05) is 5.56 Å². The first-order chi connectivity index (χ1) is 11.9. The van der Waals surface area contributed by atoms with Crippen LogP contribution < -0.4 is 10.1 Å². The molecule has 7 heteroatoms. The van der Waals surface area contributed by atoms with Crippen molar-refractivity contribution in [2.45, 2.75) is 19.4 Å². The minimum absolute atomic E-state index is 0.101. The molecular weight excluding hydrogens is 332 g/mol. The molecule has 0 radical (unpaired) electrons. The molecule has 0 fully saturated rings. The Morgan fingerprint density at radius 1 is 1.08 bits per heavy atom. The highest BCUT2D eigenvalue weighted by Gasteiger charge is 2.21. The Balaban J connectivity index is 1.97. The lowest BCUT2D eigenvalue weighted by Crippen LogP contribution is -2.31. The van der Waals surface area contributed by atoms with Crippen LogP contribution in [0.25, 0.3) is 0 Å². The monoisotopic (exact) mass is 349 g/mol. The van der Waals surface area contributed by atoms with E-state index in [1.807, 2.05) is 0 Å². The van der Waals surface area contributed by atoms with Crippen LogP contribution in [0.3, 0.4) is 0 Å². The molecule has 0 aliphatic carbocycles. The summed E-state index contributed by atoms with van der Waals surface area (Å²) in [4.78, 5) is 24.0. The maximum Gasteiger partial charge on any atom is 0.311 e. The molecule has 2 rings (SSSR count). The molecule has 0 spiro atoms. The average Bonchev–Trinajstić information content (AvgIpc) is 2.58. The lowest BCUT2D eigenvalue weighted by Gasteiger charge is -2.15. The van der Waals surface area contributed by atoms with Gasteiger partial charge in [-0.25, -0.2) is 8.78 Å². The summed E-state index contributed by atoms with van der Waals surface area (Å²) in [6.07, 6.45) is -1.32. The number of hydrogen-bond donors (Lipinski definition) is 1. The molecule has 0 aliphatic rings. The van der Waals surface area contributed by atoms with Crippen LogP contribution in [0.4, 0.5) is 14.5 Å². The molecular formula is C18H17F2NO4. The molecule has 1 amide bonds. The zero-order chi connectivity index (χ0) is 18.4. The molecule has 2 aromatic rings. The van der Waals surface area contributed by atoms with E-state index in [-0.39, 0.29) is 6.42 Å². The zero-order valence-corrected chi connectivity index (χ0v) is 13.7. The number of halogens is 2. The van der Waals surface area contributed by atoms with Gasteiger partial charge < -0.3 is 14.8 Å². The van der Waals surface area contributed by atoms with Gasteiger partial charge in [0.25, 0.3) is 5.91 Å². The highest BCUT2D eigenvalue weighted by Crippen LogP contribution is 2.20. The number of carbonyl (C=O) groups is 2. The highest BCUT2D eigenvalue weighted by atomic mass is 19.1. The summed E-state index contributed by atoms with van der Waals surface area (Å²) in [5.74, 6) is -2.81. The fourth-order valence-corrected chi connectivity index (χ4v) is 2.14. The van der Waals surface area contributed by atoms with E-state index in [9.17, 15) is 18.4 Å². The molecule has 0 aromatic heterocycles. The smallest absolute Gasteiger partial charge is 0.311 e.